The summed E-state index contributed by atoms with van der Waals surface area (Å²) >= 11 is 5.87. The first kappa shape index (κ1) is 23.5. The van der Waals surface area contributed by atoms with Gasteiger partial charge in [0.1, 0.15) is 11.6 Å². The van der Waals surface area contributed by atoms with Gasteiger partial charge in [0.2, 0.25) is 5.91 Å². The van der Waals surface area contributed by atoms with Crippen molar-refractivity contribution in [2.45, 2.75) is 12.0 Å². The third kappa shape index (κ3) is 4.05. The van der Waals surface area contributed by atoms with Gasteiger partial charge in [0.15, 0.2) is 11.5 Å². The average Bonchev–Trinajstić information content (AvgIpc) is 2.83. The number of ether oxygens (including phenoxy) is 2. The Bertz CT molecular complexity index is 1280. The number of amides is 2. The van der Waals surface area contributed by atoms with Crippen LogP contribution in [0.15, 0.2) is 54.6 Å². The highest BCUT2D eigenvalue weighted by molar-refractivity contribution is 6.31. The maximum Gasteiger partial charge on any atom is 0.254 e. The van der Waals surface area contributed by atoms with Crippen LogP contribution in [-0.4, -0.2) is 38.0 Å². The number of rotatable bonds is 5. The largest absolute Gasteiger partial charge is 0.493 e. The van der Waals surface area contributed by atoms with Gasteiger partial charge in [0, 0.05) is 23.9 Å². The molecule has 9 heteroatoms. The zero-order chi connectivity index (χ0) is 24.6. The van der Waals surface area contributed by atoms with Crippen molar-refractivity contribution in [2.24, 2.45) is 0 Å². The molecule has 2 amide bonds. The summed E-state index contributed by atoms with van der Waals surface area (Å²) in [5, 5.41) is 2.56. The Morgan fingerprint density at radius 2 is 1.65 bits per heavy atom. The fraction of sp³-hybridized carbons (Fsp3) is 0.200. The van der Waals surface area contributed by atoms with E-state index in [2.05, 4.69) is 5.32 Å². The molecular formula is C25H21ClF2N2O4. The van der Waals surface area contributed by atoms with E-state index in [0.29, 0.717) is 17.1 Å². The van der Waals surface area contributed by atoms with E-state index >= 15 is 0 Å². The molecule has 0 aliphatic carbocycles. The van der Waals surface area contributed by atoms with Crippen molar-refractivity contribution in [3.05, 3.63) is 87.9 Å². The number of halogens is 3. The lowest BCUT2D eigenvalue weighted by Gasteiger charge is -2.40. The highest BCUT2D eigenvalue weighted by atomic mass is 35.5. The zero-order valence-corrected chi connectivity index (χ0v) is 19.3. The van der Waals surface area contributed by atoms with Gasteiger partial charge in [-0.05, 0) is 42.0 Å². The van der Waals surface area contributed by atoms with Crippen molar-refractivity contribution < 1.29 is 27.8 Å². The molecular weight excluding hydrogens is 466 g/mol. The number of fused-ring (bicyclic) bond motifs is 1. The van der Waals surface area contributed by atoms with Gasteiger partial charge in [-0.2, -0.15) is 0 Å². The standard InChI is InChI=1S/C25H21ClF2N2O4/c1-30-23(14-6-4-5-7-18(14)27)22(24(31)29-13-8-9-19(28)17(26)10-13)15-11-20(33-2)21(34-3)12-16(15)25(30)32/h4-12,22-23H,1-3H3,(H,29,31). The van der Waals surface area contributed by atoms with Crippen molar-refractivity contribution in [1.82, 2.24) is 4.90 Å². The van der Waals surface area contributed by atoms with Gasteiger partial charge in [0.25, 0.3) is 5.91 Å². The summed E-state index contributed by atoms with van der Waals surface area (Å²) in [6.07, 6.45) is 0. The van der Waals surface area contributed by atoms with Crippen LogP contribution in [0.25, 0.3) is 0 Å². The molecule has 0 bridgehead atoms. The van der Waals surface area contributed by atoms with Gasteiger partial charge in [0.05, 0.1) is 31.2 Å². The number of nitrogens with zero attached hydrogens (tertiary/aromatic N) is 1. The maximum atomic E-state index is 14.9. The van der Waals surface area contributed by atoms with Crippen LogP contribution in [0, 0.1) is 11.6 Å². The van der Waals surface area contributed by atoms with Crippen LogP contribution >= 0.6 is 11.6 Å². The van der Waals surface area contributed by atoms with Crippen LogP contribution in [0.2, 0.25) is 5.02 Å². The first-order chi connectivity index (χ1) is 16.3. The van der Waals surface area contributed by atoms with E-state index in [9.17, 15) is 18.4 Å². The van der Waals surface area contributed by atoms with Crippen LogP contribution in [0.3, 0.4) is 0 Å². The molecule has 0 aromatic heterocycles. The van der Waals surface area contributed by atoms with E-state index < -0.39 is 35.4 Å². The van der Waals surface area contributed by atoms with Crippen molar-refractivity contribution >= 4 is 29.1 Å². The number of methoxy groups -OCH3 is 2. The van der Waals surface area contributed by atoms with Gasteiger partial charge < -0.3 is 19.7 Å². The lowest BCUT2D eigenvalue weighted by molar-refractivity contribution is -0.119. The molecule has 0 saturated carbocycles. The summed E-state index contributed by atoms with van der Waals surface area (Å²) < 4.78 is 39.2. The van der Waals surface area contributed by atoms with E-state index in [1.807, 2.05) is 0 Å². The van der Waals surface area contributed by atoms with E-state index in [4.69, 9.17) is 21.1 Å². The summed E-state index contributed by atoms with van der Waals surface area (Å²) in [4.78, 5) is 28.3. The number of likely N-dealkylation sites (N-methyl/N-ethyl adjacent to an activating group) is 1. The molecule has 4 rings (SSSR count). The molecule has 0 saturated heterocycles. The SMILES string of the molecule is COc1cc2c(cc1OC)C(C(=O)Nc1ccc(F)c(Cl)c1)C(c1ccccc1F)N(C)C2=O. The number of hydrogen-bond donors (Lipinski definition) is 1. The number of anilines is 1. The lowest BCUT2D eigenvalue weighted by Crippen LogP contribution is -2.44. The smallest absolute Gasteiger partial charge is 0.254 e. The number of hydrogen-bond acceptors (Lipinski definition) is 4. The fourth-order valence-corrected chi connectivity index (χ4v) is 4.41. The second-order valence-electron chi connectivity index (χ2n) is 7.77. The summed E-state index contributed by atoms with van der Waals surface area (Å²) in [5.41, 5.74) is 1.01. The molecule has 1 N–H and O–H groups in total. The molecule has 34 heavy (non-hydrogen) atoms. The topological polar surface area (TPSA) is 67.9 Å². The van der Waals surface area contributed by atoms with Gasteiger partial charge in [-0.15, -0.1) is 0 Å². The van der Waals surface area contributed by atoms with Crippen molar-refractivity contribution in [3.8, 4) is 11.5 Å². The molecule has 3 aromatic rings. The second kappa shape index (κ2) is 9.30. The molecule has 1 heterocycles. The third-order valence-corrected chi connectivity index (χ3v) is 6.16. The quantitative estimate of drug-likeness (QED) is 0.539. The molecule has 0 radical (unpaired) electrons. The van der Waals surface area contributed by atoms with E-state index in [1.165, 1.54) is 62.6 Å². The highest BCUT2D eigenvalue weighted by Gasteiger charge is 2.44. The van der Waals surface area contributed by atoms with Crippen LogP contribution in [0.5, 0.6) is 11.5 Å². The van der Waals surface area contributed by atoms with E-state index in [-0.39, 0.29) is 21.8 Å². The Kier molecular flexibility index (Phi) is 6.43. The fourth-order valence-electron chi connectivity index (χ4n) is 4.23. The van der Waals surface area contributed by atoms with E-state index in [1.54, 1.807) is 12.1 Å². The summed E-state index contributed by atoms with van der Waals surface area (Å²) in [6.45, 7) is 0. The van der Waals surface area contributed by atoms with Gasteiger partial charge in [-0.3, -0.25) is 9.59 Å². The number of benzene rings is 3. The number of nitrogens with one attached hydrogen (secondary N) is 1. The minimum atomic E-state index is -1.03. The molecule has 6 nitrogen and oxygen atoms in total. The van der Waals surface area contributed by atoms with E-state index in [0.717, 1.165) is 6.07 Å². The Morgan fingerprint density at radius 3 is 2.29 bits per heavy atom. The predicted octanol–water partition coefficient (Wildman–Crippen LogP) is 5.18. The van der Waals surface area contributed by atoms with Gasteiger partial charge in [-0.25, -0.2) is 8.78 Å². The zero-order valence-electron chi connectivity index (χ0n) is 18.6. The highest BCUT2D eigenvalue weighted by Crippen LogP contribution is 2.46. The first-order valence-corrected chi connectivity index (χ1v) is 10.7. The van der Waals surface area contributed by atoms with Crippen molar-refractivity contribution in [2.75, 3.05) is 26.6 Å². The maximum absolute atomic E-state index is 14.9. The molecule has 2 atom stereocenters. The number of carbonyl (C=O) groups is 2. The molecule has 3 aromatic carbocycles. The number of carbonyl (C=O) groups excluding carboxylic acids is 2. The van der Waals surface area contributed by atoms with Gasteiger partial charge in [-0.1, -0.05) is 29.8 Å². The normalized spacial score (nSPS) is 17.2. The molecule has 1 aliphatic rings. The Morgan fingerprint density at radius 1 is 0.971 bits per heavy atom. The Labute approximate surface area is 200 Å². The summed E-state index contributed by atoms with van der Waals surface area (Å²) in [7, 11) is 4.38. The molecule has 2 unspecified atom stereocenters. The lowest BCUT2D eigenvalue weighted by atomic mass is 9.79. The Balaban J connectivity index is 1.89. The molecule has 176 valence electrons. The second-order valence-corrected chi connectivity index (χ2v) is 8.18. The van der Waals surface area contributed by atoms with Crippen LogP contribution in [0.1, 0.15) is 33.4 Å². The van der Waals surface area contributed by atoms with Crippen molar-refractivity contribution in [3.63, 3.8) is 0 Å². The molecule has 0 spiro atoms. The average molecular weight is 487 g/mol. The van der Waals surface area contributed by atoms with Crippen LogP contribution < -0.4 is 14.8 Å². The molecule has 1 aliphatic heterocycles. The third-order valence-electron chi connectivity index (χ3n) is 5.87. The summed E-state index contributed by atoms with van der Waals surface area (Å²) in [5.74, 6) is -2.53. The van der Waals surface area contributed by atoms with Crippen molar-refractivity contribution in [1.29, 1.82) is 0 Å². The monoisotopic (exact) mass is 486 g/mol. The Hall–Kier alpha value is -3.65. The molecule has 0 fully saturated rings. The predicted molar refractivity (Wildman–Crippen MR) is 124 cm³/mol. The minimum Gasteiger partial charge on any atom is -0.493 e. The summed E-state index contributed by atoms with van der Waals surface area (Å²) in [6, 6.07) is 11.8. The first-order valence-electron chi connectivity index (χ1n) is 10.3. The minimum absolute atomic E-state index is 0.161. The van der Waals surface area contributed by atoms with Gasteiger partial charge >= 0.3 is 0 Å². The van der Waals surface area contributed by atoms with Crippen LogP contribution in [0.4, 0.5) is 14.5 Å². The van der Waals surface area contributed by atoms with Crippen LogP contribution in [-0.2, 0) is 4.79 Å².